The Balaban J connectivity index is 2.79. The molecule has 1 aliphatic heterocycles. The van der Waals surface area contributed by atoms with Crippen LogP contribution in [0.25, 0.3) is 0 Å². The van der Waals surface area contributed by atoms with E-state index >= 15 is 0 Å². The lowest BCUT2D eigenvalue weighted by atomic mass is 9.79. The summed E-state index contributed by atoms with van der Waals surface area (Å²) in [6, 6.07) is -0.0891. The minimum Gasteiger partial charge on any atom is -0.307 e. The van der Waals surface area contributed by atoms with Crippen LogP contribution in [0, 0.1) is 0 Å². The van der Waals surface area contributed by atoms with E-state index in [0.29, 0.717) is 0 Å². The molecule has 0 atom stereocenters. The average Bonchev–Trinajstić information content (AvgIpc) is 1.96. The number of piperidine rings is 1. The van der Waals surface area contributed by atoms with Crippen molar-refractivity contribution < 1.29 is 10.0 Å². The molecule has 1 aliphatic rings. The van der Waals surface area contributed by atoms with Crippen molar-refractivity contribution in [2.75, 3.05) is 0 Å². The van der Waals surface area contributed by atoms with E-state index in [2.05, 4.69) is 33.0 Å². The molecule has 15 heavy (non-hydrogen) atoms. The van der Waals surface area contributed by atoms with Gasteiger partial charge in [-0.15, -0.1) is 0 Å². The van der Waals surface area contributed by atoms with E-state index in [1.54, 1.807) is 0 Å². The molecule has 0 aromatic heterocycles. The molecule has 1 rings (SSSR count). The third kappa shape index (κ3) is 3.18. The predicted molar refractivity (Wildman–Crippen MR) is 58.6 cm³/mol. The summed E-state index contributed by atoms with van der Waals surface area (Å²) in [5.41, 5.74) is -0.105. The highest BCUT2D eigenvalue weighted by molar-refractivity contribution is 5.72. The molecule has 0 aliphatic carbocycles. The molecule has 88 valence electrons. The molecule has 0 aromatic carbocycles. The Hall–Kier alpha value is -0.610. The highest BCUT2D eigenvalue weighted by Gasteiger charge is 2.40. The predicted octanol–water partition coefficient (Wildman–Crippen LogP) is 1.53. The zero-order valence-corrected chi connectivity index (χ0v) is 10.3. The zero-order valence-electron chi connectivity index (χ0n) is 10.3. The maximum absolute atomic E-state index is 11.1. The van der Waals surface area contributed by atoms with E-state index in [-0.39, 0.29) is 23.0 Å². The van der Waals surface area contributed by atoms with Crippen molar-refractivity contribution in [3.8, 4) is 0 Å². The molecule has 4 nitrogen and oxygen atoms in total. The smallest absolute Gasteiger partial charge is 0.243 e. The van der Waals surface area contributed by atoms with E-state index in [4.69, 9.17) is 0 Å². The molecule has 0 radical (unpaired) electrons. The lowest BCUT2D eigenvalue weighted by molar-refractivity contribution is -0.180. The minimum atomic E-state index is -0.284. The van der Waals surface area contributed by atoms with Crippen LogP contribution in [-0.4, -0.2) is 33.3 Å². The monoisotopic (exact) mass is 214 g/mol. The van der Waals surface area contributed by atoms with Gasteiger partial charge in [0.1, 0.15) is 0 Å². The van der Waals surface area contributed by atoms with Gasteiger partial charge in [0.2, 0.25) is 5.91 Å². The number of carbonyl (C=O) groups is 1. The Bertz CT molecular complexity index is 245. The van der Waals surface area contributed by atoms with E-state index < -0.39 is 0 Å². The van der Waals surface area contributed by atoms with Gasteiger partial charge in [-0.25, -0.2) is 5.06 Å². The summed E-state index contributed by atoms with van der Waals surface area (Å²) in [7, 11) is 0. The summed E-state index contributed by atoms with van der Waals surface area (Å²) in [4.78, 5) is 11.1. The quantitative estimate of drug-likeness (QED) is 0.514. The van der Waals surface area contributed by atoms with Gasteiger partial charge in [-0.1, -0.05) is 0 Å². The second-order valence-electron chi connectivity index (χ2n) is 5.82. The number of rotatable bonds is 1. The molecular weight excluding hydrogens is 192 g/mol. The zero-order chi connectivity index (χ0) is 11.9. The first-order chi connectivity index (χ1) is 6.63. The van der Waals surface area contributed by atoms with Gasteiger partial charge in [0, 0.05) is 18.0 Å². The summed E-state index contributed by atoms with van der Waals surface area (Å²) in [6.45, 7) is 9.76. The molecule has 0 saturated carbocycles. The van der Waals surface area contributed by atoms with Crippen molar-refractivity contribution >= 4 is 5.91 Å². The van der Waals surface area contributed by atoms with Crippen molar-refractivity contribution in [3.63, 3.8) is 0 Å². The fourth-order valence-corrected chi connectivity index (χ4v) is 2.70. The van der Waals surface area contributed by atoms with Crippen LogP contribution in [0.5, 0.6) is 0 Å². The summed E-state index contributed by atoms with van der Waals surface area (Å²) in [5, 5.41) is 14.1. The number of nitrogens with zero attached hydrogens (tertiary/aromatic N) is 1. The van der Waals surface area contributed by atoms with Crippen LogP contribution in [0.3, 0.4) is 0 Å². The normalized spacial score (nSPS) is 24.9. The lowest BCUT2D eigenvalue weighted by Gasteiger charge is -2.47. The molecule has 0 spiro atoms. The van der Waals surface area contributed by atoms with Crippen LogP contribution in [0.4, 0.5) is 0 Å². The Kier molecular flexibility index (Phi) is 3.12. The van der Waals surface area contributed by atoms with Gasteiger partial charge in [0.05, 0.1) is 6.04 Å². The van der Waals surface area contributed by atoms with Crippen LogP contribution in [-0.2, 0) is 4.79 Å². The third-order valence-electron chi connectivity index (χ3n) is 2.84. The van der Waals surface area contributed by atoms with Crippen molar-refractivity contribution in [3.05, 3.63) is 0 Å². The molecule has 0 bridgehead atoms. The minimum absolute atomic E-state index is 0.0527. The van der Waals surface area contributed by atoms with E-state index in [1.807, 2.05) is 0 Å². The van der Waals surface area contributed by atoms with Gasteiger partial charge in [0.15, 0.2) is 0 Å². The highest BCUT2D eigenvalue weighted by Crippen LogP contribution is 2.30. The van der Waals surface area contributed by atoms with Crippen molar-refractivity contribution in [2.24, 2.45) is 0 Å². The number of hydrogen-bond acceptors (Lipinski definition) is 3. The first-order valence-electron chi connectivity index (χ1n) is 5.41. The summed E-state index contributed by atoms with van der Waals surface area (Å²) in [6.07, 6.45) is 1.54. The van der Waals surface area contributed by atoms with Crippen LogP contribution >= 0.6 is 0 Å². The van der Waals surface area contributed by atoms with Gasteiger partial charge in [0.25, 0.3) is 0 Å². The van der Waals surface area contributed by atoms with Crippen molar-refractivity contribution in [1.29, 1.82) is 0 Å². The fourth-order valence-electron chi connectivity index (χ4n) is 2.70. The molecule has 0 aromatic rings. The van der Waals surface area contributed by atoms with Crippen molar-refractivity contribution in [1.82, 2.24) is 10.4 Å². The molecule has 4 heteroatoms. The molecule has 1 heterocycles. The van der Waals surface area contributed by atoms with Crippen LogP contribution in [0.1, 0.15) is 47.5 Å². The van der Waals surface area contributed by atoms with Gasteiger partial charge < -0.3 is 5.32 Å². The maximum Gasteiger partial charge on any atom is 0.243 e. The van der Waals surface area contributed by atoms with Crippen LogP contribution in [0.2, 0.25) is 0 Å². The third-order valence-corrected chi connectivity index (χ3v) is 2.84. The molecular formula is C11H22N2O2. The SMILES string of the molecule is CC(=O)N(O)C1CC(C)(C)NC(C)(C)C1. The Morgan fingerprint density at radius 3 is 2.00 bits per heavy atom. The fraction of sp³-hybridized carbons (Fsp3) is 0.909. The largest absolute Gasteiger partial charge is 0.307 e. The second-order valence-corrected chi connectivity index (χ2v) is 5.82. The number of amides is 1. The summed E-state index contributed by atoms with van der Waals surface area (Å²) >= 11 is 0. The Morgan fingerprint density at radius 2 is 1.67 bits per heavy atom. The van der Waals surface area contributed by atoms with Crippen molar-refractivity contribution in [2.45, 2.75) is 64.6 Å². The first-order valence-corrected chi connectivity index (χ1v) is 5.41. The standard InChI is InChI=1S/C11H22N2O2/c1-8(14)13(15)9-6-10(2,3)12-11(4,5)7-9/h9,12,15H,6-7H2,1-5H3. The lowest BCUT2D eigenvalue weighted by Crippen LogP contribution is -2.62. The molecule has 1 fully saturated rings. The second kappa shape index (κ2) is 3.76. The molecule has 1 saturated heterocycles. The van der Waals surface area contributed by atoms with Gasteiger partial charge >= 0.3 is 0 Å². The number of hydroxylamine groups is 2. The topological polar surface area (TPSA) is 52.6 Å². The first kappa shape index (κ1) is 12.5. The van der Waals surface area contributed by atoms with Gasteiger partial charge in [-0.2, -0.15) is 0 Å². The Morgan fingerprint density at radius 1 is 1.27 bits per heavy atom. The van der Waals surface area contributed by atoms with E-state index in [1.165, 1.54) is 6.92 Å². The van der Waals surface area contributed by atoms with E-state index in [0.717, 1.165) is 17.9 Å². The van der Waals surface area contributed by atoms with Crippen LogP contribution in [0.15, 0.2) is 0 Å². The number of hydrogen-bond donors (Lipinski definition) is 2. The van der Waals surface area contributed by atoms with Crippen LogP contribution < -0.4 is 5.32 Å². The Labute approximate surface area is 91.6 Å². The summed E-state index contributed by atoms with van der Waals surface area (Å²) < 4.78 is 0. The van der Waals surface area contributed by atoms with Gasteiger partial charge in [-0.05, 0) is 40.5 Å². The molecule has 0 unspecified atom stereocenters. The van der Waals surface area contributed by atoms with Gasteiger partial charge in [-0.3, -0.25) is 10.0 Å². The highest BCUT2D eigenvalue weighted by atomic mass is 16.5. The molecule has 2 N–H and O–H groups in total. The number of carbonyl (C=O) groups excluding carboxylic acids is 1. The van der Waals surface area contributed by atoms with E-state index in [9.17, 15) is 10.0 Å². The number of nitrogens with one attached hydrogen (secondary N) is 1. The average molecular weight is 214 g/mol. The maximum atomic E-state index is 11.1. The molecule has 1 amide bonds. The summed E-state index contributed by atoms with van der Waals surface area (Å²) in [5.74, 6) is -0.284.